The number of hydrogen-bond acceptors (Lipinski definition) is 6. The lowest BCUT2D eigenvalue weighted by molar-refractivity contribution is -0.147. The average molecular weight is 474 g/mol. The maximum absolute atomic E-state index is 13.1. The number of cyclic esters (lactones) is 1. The van der Waals surface area contributed by atoms with Crippen molar-refractivity contribution in [1.29, 1.82) is 0 Å². The maximum Gasteiger partial charge on any atom is 0.341 e. The Morgan fingerprint density at radius 1 is 1.24 bits per heavy atom. The lowest BCUT2D eigenvalue weighted by Crippen LogP contribution is -2.21. The third kappa shape index (κ3) is 4.89. The van der Waals surface area contributed by atoms with Crippen molar-refractivity contribution < 1.29 is 28.2 Å². The molecule has 1 atom stereocenters. The summed E-state index contributed by atoms with van der Waals surface area (Å²) >= 11 is 0. The lowest BCUT2D eigenvalue weighted by atomic mass is 9.76. The summed E-state index contributed by atoms with van der Waals surface area (Å²) in [5, 5.41) is 0. The van der Waals surface area contributed by atoms with Crippen LogP contribution in [-0.4, -0.2) is 35.2 Å². The topological polar surface area (TPSA) is 71.1 Å². The Labute approximate surface area is 199 Å². The molecule has 0 bridgehead atoms. The summed E-state index contributed by atoms with van der Waals surface area (Å²) in [5.41, 5.74) is 4.67. The van der Waals surface area contributed by atoms with Crippen molar-refractivity contribution >= 4 is 21.0 Å². The molecule has 181 valence electrons. The predicted molar refractivity (Wildman–Crippen MR) is 129 cm³/mol. The summed E-state index contributed by atoms with van der Waals surface area (Å²) < 4.78 is 22.6. The molecular weight excluding hydrogens is 436 g/mol. The number of methoxy groups -OCH3 is 2. The molecule has 1 heterocycles. The van der Waals surface area contributed by atoms with Crippen LogP contribution in [-0.2, 0) is 30.5 Å². The van der Waals surface area contributed by atoms with Crippen LogP contribution in [0.5, 0.6) is 5.75 Å². The van der Waals surface area contributed by atoms with Gasteiger partial charge >= 0.3 is 11.9 Å². The van der Waals surface area contributed by atoms with Crippen LogP contribution < -0.4 is 4.74 Å². The maximum atomic E-state index is 13.1. The second-order valence-corrected chi connectivity index (χ2v) is 12.6. The predicted octanol–water partition coefficient (Wildman–Crippen LogP) is 5.57. The van der Waals surface area contributed by atoms with E-state index < -0.39 is 15.3 Å². The van der Waals surface area contributed by atoms with Crippen molar-refractivity contribution in [3.05, 3.63) is 39.5 Å². The minimum absolute atomic E-state index is 0.127. The van der Waals surface area contributed by atoms with Gasteiger partial charge in [-0.15, -0.1) is 0 Å². The number of ether oxygens (including phenoxy) is 3. The number of fused-ring (bicyclic) bond motifs is 1. The second kappa shape index (κ2) is 9.26. The van der Waals surface area contributed by atoms with E-state index in [2.05, 4.69) is 33.8 Å². The van der Waals surface area contributed by atoms with Gasteiger partial charge in [0, 0.05) is 16.7 Å². The van der Waals surface area contributed by atoms with Crippen LogP contribution in [0.4, 0.5) is 0 Å². The summed E-state index contributed by atoms with van der Waals surface area (Å²) in [4.78, 5) is 25.2. The Morgan fingerprint density at radius 2 is 1.88 bits per heavy atom. The highest BCUT2D eigenvalue weighted by molar-refractivity contribution is 6.48. The summed E-state index contributed by atoms with van der Waals surface area (Å²) in [7, 11) is 2.03. The van der Waals surface area contributed by atoms with E-state index in [4.69, 9.17) is 18.6 Å². The summed E-state index contributed by atoms with van der Waals surface area (Å²) in [6.45, 7) is 14.4. The zero-order valence-corrected chi connectivity index (χ0v) is 22.4. The highest BCUT2D eigenvalue weighted by Gasteiger charge is 2.50. The molecule has 1 fully saturated rings. The largest absolute Gasteiger partial charge is 0.496 e. The molecule has 6 nitrogen and oxygen atoms in total. The quantitative estimate of drug-likeness (QED) is 0.279. The summed E-state index contributed by atoms with van der Waals surface area (Å²) in [6.07, 6.45) is 4.48. The SMILES string of the molecule is COC(=O)C1(CC(C)=CCc2c(OC)c(C)c3c(c2C(C)(C)C)C(=O)OC3O[Si](C)C)CC1. The van der Waals surface area contributed by atoms with Gasteiger partial charge < -0.3 is 18.6 Å². The molecule has 0 N–H and O–H groups in total. The third-order valence-corrected chi connectivity index (χ3v) is 7.22. The highest BCUT2D eigenvalue weighted by Crippen LogP contribution is 2.52. The van der Waals surface area contributed by atoms with Crippen molar-refractivity contribution in [1.82, 2.24) is 0 Å². The van der Waals surface area contributed by atoms with E-state index in [0.717, 1.165) is 46.4 Å². The first-order valence-electron chi connectivity index (χ1n) is 11.5. The smallest absolute Gasteiger partial charge is 0.341 e. The molecule has 1 saturated carbocycles. The number of rotatable bonds is 8. The number of esters is 2. The molecule has 1 aromatic carbocycles. The first kappa shape index (κ1) is 25.5. The van der Waals surface area contributed by atoms with Crippen LogP contribution in [0.2, 0.25) is 13.1 Å². The van der Waals surface area contributed by atoms with Crippen molar-refractivity contribution in [2.24, 2.45) is 5.41 Å². The lowest BCUT2D eigenvalue weighted by Gasteiger charge is -2.28. The van der Waals surface area contributed by atoms with Gasteiger partial charge in [0.2, 0.25) is 15.3 Å². The standard InChI is InChI=1S/C26H37O6Si/c1-15(14-26(12-13-26)24(28)30-7)10-11-17-20(25(3,4)5)19-18(16(2)21(17)29-6)23(31-22(19)27)32-33(8)9/h10,23H,11-14H2,1-9H3. The molecule has 0 spiro atoms. The number of allylic oxidation sites excluding steroid dienone is 2. The fourth-order valence-corrected chi connectivity index (χ4v) is 5.55. The van der Waals surface area contributed by atoms with Gasteiger partial charge in [-0.25, -0.2) is 4.79 Å². The van der Waals surface area contributed by atoms with Gasteiger partial charge in [-0.2, -0.15) is 0 Å². The molecule has 1 aliphatic carbocycles. The van der Waals surface area contributed by atoms with Crippen molar-refractivity contribution in [3.8, 4) is 5.75 Å². The molecule has 33 heavy (non-hydrogen) atoms. The number of benzene rings is 1. The van der Waals surface area contributed by atoms with E-state index in [1.807, 2.05) is 20.0 Å². The third-order valence-electron chi connectivity index (χ3n) is 6.53. The molecule has 1 radical (unpaired) electrons. The molecule has 1 aliphatic heterocycles. The van der Waals surface area contributed by atoms with Gasteiger partial charge in [0.05, 0.1) is 25.2 Å². The van der Waals surface area contributed by atoms with Gasteiger partial charge in [0.1, 0.15) is 5.75 Å². The van der Waals surface area contributed by atoms with Gasteiger partial charge in [-0.1, -0.05) is 32.4 Å². The number of carbonyl (C=O) groups excluding carboxylic acids is 2. The first-order valence-corrected chi connectivity index (χ1v) is 13.9. The fraction of sp³-hybridized carbons (Fsp3) is 0.615. The molecule has 2 aliphatic rings. The van der Waals surface area contributed by atoms with E-state index in [1.165, 1.54) is 7.11 Å². The van der Waals surface area contributed by atoms with Crippen LogP contribution in [0.1, 0.15) is 85.9 Å². The first-order chi connectivity index (χ1) is 15.4. The van der Waals surface area contributed by atoms with Crippen LogP contribution in [0.25, 0.3) is 0 Å². The number of hydrogen-bond donors (Lipinski definition) is 0. The van der Waals surface area contributed by atoms with Crippen molar-refractivity contribution in [2.75, 3.05) is 14.2 Å². The number of carbonyl (C=O) groups is 2. The van der Waals surface area contributed by atoms with E-state index in [1.54, 1.807) is 7.11 Å². The Morgan fingerprint density at radius 3 is 2.36 bits per heavy atom. The molecule has 0 aromatic heterocycles. The van der Waals surface area contributed by atoms with Crippen LogP contribution in [0.3, 0.4) is 0 Å². The van der Waals surface area contributed by atoms with Gasteiger partial charge in [-0.05, 0) is 63.6 Å². The molecule has 0 amide bonds. The Bertz CT molecular complexity index is 982. The molecule has 0 saturated heterocycles. The average Bonchev–Trinajstić information content (AvgIpc) is 3.42. The van der Waals surface area contributed by atoms with E-state index in [0.29, 0.717) is 18.4 Å². The van der Waals surface area contributed by atoms with Crippen LogP contribution in [0, 0.1) is 12.3 Å². The minimum atomic E-state index is -1.08. The van der Waals surface area contributed by atoms with E-state index in [-0.39, 0.29) is 22.8 Å². The van der Waals surface area contributed by atoms with E-state index >= 15 is 0 Å². The van der Waals surface area contributed by atoms with E-state index in [9.17, 15) is 9.59 Å². The molecule has 1 unspecified atom stereocenters. The van der Waals surface area contributed by atoms with Crippen LogP contribution >= 0.6 is 0 Å². The molecule has 3 rings (SSSR count). The van der Waals surface area contributed by atoms with Gasteiger partial charge in [-0.3, -0.25) is 4.79 Å². The Balaban J connectivity index is 2.09. The zero-order chi connectivity index (χ0) is 24.7. The minimum Gasteiger partial charge on any atom is -0.496 e. The normalized spacial score (nSPS) is 19.4. The molecular formula is C26H37O6Si. The van der Waals surface area contributed by atoms with Crippen LogP contribution in [0.15, 0.2) is 11.6 Å². The van der Waals surface area contributed by atoms with Crippen molar-refractivity contribution in [2.45, 2.75) is 85.1 Å². The van der Waals surface area contributed by atoms with Crippen molar-refractivity contribution in [3.63, 3.8) is 0 Å². The molecule has 1 aromatic rings. The Kier molecular flexibility index (Phi) is 7.15. The molecule has 7 heteroatoms. The Hall–Kier alpha value is -2.12. The monoisotopic (exact) mass is 473 g/mol. The highest BCUT2D eigenvalue weighted by atomic mass is 28.3. The second-order valence-electron chi connectivity index (χ2n) is 10.5. The summed E-state index contributed by atoms with van der Waals surface area (Å²) in [6, 6.07) is 0. The fourth-order valence-electron chi connectivity index (χ4n) is 4.96. The van der Waals surface area contributed by atoms with Gasteiger partial charge in [0.25, 0.3) is 0 Å². The summed E-state index contributed by atoms with van der Waals surface area (Å²) in [5.74, 6) is 0.307. The zero-order valence-electron chi connectivity index (χ0n) is 21.4. The van der Waals surface area contributed by atoms with Gasteiger partial charge in [0.15, 0.2) is 0 Å².